The van der Waals surface area contributed by atoms with E-state index in [0.717, 1.165) is 4.90 Å². The molecule has 0 unspecified atom stereocenters. The molecule has 0 bridgehead atoms. The number of hydrogen-bond acceptors (Lipinski definition) is 1. The van der Waals surface area contributed by atoms with E-state index in [1.54, 1.807) is 0 Å². The van der Waals surface area contributed by atoms with E-state index in [0.29, 0.717) is 13.0 Å². The van der Waals surface area contributed by atoms with Crippen LogP contribution in [0.2, 0.25) is 0 Å². The molecular weight excluding hydrogens is 174 g/mol. The van der Waals surface area contributed by atoms with E-state index in [4.69, 9.17) is 0 Å². The number of piperidine rings is 1. The van der Waals surface area contributed by atoms with Crippen LogP contribution in [0.4, 0.5) is 17.6 Å². The number of alkyl halides is 4. The van der Waals surface area contributed by atoms with Gasteiger partial charge in [0.05, 0.1) is 13.1 Å². The van der Waals surface area contributed by atoms with Crippen molar-refractivity contribution in [2.45, 2.75) is 25.2 Å². The van der Waals surface area contributed by atoms with Gasteiger partial charge in [0.25, 0.3) is 12.3 Å². The zero-order valence-corrected chi connectivity index (χ0v) is 6.57. The molecule has 0 saturated carbocycles. The van der Waals surface area contributed by atoms with Gasteiger partial charge >= 0.3 is 0 Å². The fraction of sp³-hybridized carbons (Fsp3) is 1.00. The molecule has 0 atom stereocenters. The lowest BCUT2D eigenvalue weighted by Crippen LogP contribution is -2.44. The molecule has 1 rings (SSSR count). The summed E-state index contributed by atoms with van der Waals surface area (Å²) in [6.45, 7) is -0.688. The number of rotatable bonds is 2. The quantitative estimate of drug-likeness (QED) is 0.594. The van der Waals surface area contributed by atoms with E-state index in [1.807, 2.05) is 0 Å². The van der Waals surface area contributed by atoms with Gasteiger partial charge in [-0.25, -0.2) is 17.6 Å². The van der Waals surface area contributed by atoms with Gasteiger partial charge in [0.1, 0.15) is 0 Å². The molecule has 0 aromatic heterocycles. The van der Waals surface area contributed by atoms with Gasteiger partial charge in [-0.2, -0.15) is 0 Å². The van der Waals surface area contributed by atoms with Crippen LogP contribution in [0.15, 0.2) is 0 Å². The molecule has 0 spiro atoms. The van der Waals surface area contributed by atoms with Crippen molar-refractivity contribution in [3.05, 3.63) is 0 Å². The van der Waals surface area contributed by atoms with E-state index < -0.39 is 25.4 Å². The maximum atomic E-state index is 12.6. The van der Waals surface area contributed by atoms with Crippen LogP contribution in [0.3, 0.4) is 0 Å². The summed E-state index contributed by atoms with van der Waals surface area (Å²) in [5, 5.41) is 0. The van der Waals surface area contributed by atoms with Crippen molar-refractivity contribution in [3.63, 3.8) is 0 Å². The van der Waals surface area contributed by atoms with Crippen LogP contribution in [0.1, 0.15) is 12.8 Å². The van der Waals surface area contributed by atoms with Crippen LogP contribution in [0, 0.1) is 0 Å². The van der Waals surface area contributed by atoms with E-state index in [2.05, 4.69) is 0 Å². The minimum absolute atomic E-state index is 0.174. The summed E-state index contributed by atoms with van der Waals surface area (Å²) in [4.78, 5) is 1.12. The first-order valence-electron chi connectivity index (χ1n) is 3.88. The SMILES string of the molecule is FC(F)CN1CCCC(F)(F)C1. The highest BCUT2D eigenvalue weighted by atomic mass is 19.3. The predicted octanol–water partition coefficient (Wildman–Crippen LogP) is 1.98. The molecule has 72 valence electrons. The zero-order chi connectivity index (χ0) is 9.19. The monoisotopic (exact) mass is 185 g/mol. The minimum atomic E-state index is -2.77. The molecule has 0 N–H and O–H groups in total. The van der Waals surface area contributed by atoms with Crippen molar-refractivity contribution in [2.75, 3.05) is 19.6 Å². The fourth-order valence-electron chi connectivity index (χ4n) is 1.40. The molecule has 1 aliphatic rings. The van der Waals surface area contributed by atoms with Crippen molar-refractivity contribution >= 4 is 0 Å². The van der Waals surface area contributed by atoms with Crippen LogP contribution in [0.25, 0.3) is 0 Å². The maximum absolute atomic E-state index is 12.6. The summed E-state index contributed by atoms with van der Waals surface area (Å²) < 4.78 is 48.8. The zero-order valence-electron chi connectivity index (χ0n) is 6.57. The Morgan fingerprint density at radius 1 is 1.33 bits per heavy atom. The number of nitrogens with zero attached hydrogens (tertiary/aromatic N) is 1. The van der Waals surface area contributed by atoms with Crippen LogP contribution in [-0.4, -0.2) is 36.9 Å². The first-order valence-corrected chi connectivity index (χ1v) is 3.88. The van der Waals surface area contributed by atoms with Gasteiger partial charge in [-0.15, -0.1) is 0 Å². The van der Waals surface area contributed by atoms with Crippen molar-refractivity contribution in [1.82, 2.24) is 4.90 Å². The van der Waals surface area contributed by atoms with Crippen molar-refractivity contribution < 1.29 is 17.6 Å². The van der Waals surface area contributed by atoms with Gasteiger partial charge < -0.3 is 0 Å². The highest BCUT2D eigenvalue weighted by Gasteiger charge is 2.35. The Morgan fingerprint density at radius 3 is 2.50 bits per heavy atom. The Kier molecular flexibility index (Phi) is 2.93. The number of likely N-dealkylation sites (tertiary alicyclic amines) is 1. The van der Waals surface area contributed by atoms with E-state index in [9.17, 15) is 17.6 Å². The molecule has 5 heteroatoms. The fourth-order valence-corrected chi connectivity index (χ4v) is 1.40. The standard InChI is InChI=1S/C7H11F4N/c8-6(9)4-12-3-1-2-7(10,11)5-12/h6H,1-5H2. The summed E-state index contributed by atoms with van der Waals surface area (Å²) in [7, 11) is 0. The summed E-state index contributed by atoms with van der Waals surface area (Å²) in [5.41, 5.74) is 0. The number of halogens is 4. The van der Waals surface area contributed by atoms with Gasteiger partial charge in [0.15, 0.2) is 0 Å². The lowest BCUT2D eigenvalue weighted by molar-refractivity contribution is -0.0741. The predicted molar refractivity (Wildman–Crippen MR) is 36.6 cm³/mol. The van der Waals surface area contributed by atoms with Crippen molar-refractivity contribution in [2.24, 2.45) is 0 Å². The lowest BCUT2D eigenvalue weighted by atomic mass is 10.1. The molecule has 0 aromatic carbocycles. The number of hydrogen-bond donors (Lipinski definition) is 0. The van der Waals surface area contributed by atoms with Crippen LogP contribution in [0.5, 0.6) is 0 Å². The Labute approximate surface area is 68.3 Å². The molecular formula is C7H11F4N. The highest BCUT2D eigenvalue weighted by Crippen LogP contribution is 2.26. The summed E-state index contributed by atoms with van der Waals surface area (Å²) in [6.07, 6.45) is -2.38. The molecule has 1 nitrogen and oxygen atoms in total. The summed E-state index contributed by atoms with van der Waals surface area (Å²) in [6, 6.07) is 0. The molecule has 1 saturated heterocycles. The molecule has 0 aliphatic carbocycles. The molecule has 0 amide bonds. The van der Waals surface area contributed by atoms with Crippen LogP contribution < -0.4 is 0 Å². The van der Waals surface area contributed by atoms with Gasteiger partial charge in [-0.05, 0) is 13.0 Å². The first kappa shape index (κ1) is 9.77. The normalized spacial score (nSPS) is 24.8. The van der Waals surface area contributed by atoms with Gasteiger partial charge in [0.2, 0.25) is 0 Å². The van der Waals surface area contributed by atoms with E-state index in [1.165, 1.54) is 0 Å². The first-order chi connectivity index (χ1) is 5.49. The third-order valence-corrected chi connectivity index (χ3v) is 1.87. The molecule has 12 heavy (non-hydrogen) atoms. The second-order valence-electron chi connectivity index (χ2n) is 3.09. The third-order valence-electron chi connectivity index (χ3n) is 1.87. The lowest BCUT2D eigenvalue weighted by Gasteiger charge is -2.31. The Bertz CT molecular complexity index is 148. The van der Waals surface area contributed by atoms with E-state index in [-0.39, 0.29) is 6.42 Å². The van der Waals surface area contributed by atoms with Gasteiger partial charge in [-0.1, -0.05) is 0 Å². The summed E-state index contributed by atoms with van der Waals surface area (Å²) in [5.74, 6) is -2.77. The molecule has 0 aromatic rings. The van der Waals surface area contributed by atoms with Crippen LogP contribution >= 0.6 is 0 Å². The highest BCUT2D eigenvalue weighted by molar-refractivity contribution is 4.78. The average Bonchev–Trinajstić information content (AvgIpc) is 1.82. The average molecular weight is 185 g/mol. The van der Waals surface area contributed by atoms with Gasteiger partial charge in [-0.3, -0.25) is 4.90 Å². The maximum Gasteiger partial charge on any atom is 0.260 e. The van der Waals surface area contributed by atoms with Crippen molar-refractivity contribution in [3.8, 4) is 0 Å². The third kappa shape index (κ3) is 2.97. The Balaban J connectivity index is 2.36. The van der Waals surface area contributed by atoms with Gasteiger partial charge in [0, 0.05) is 6.42 Å². The van der Waals surface area contributed by atoms with E-state index >= 15 is 0 Å². The van der Waals surface area contributed by atoms with Crippen molar-refractivity contribution in [1.29, 1.82) is 0 Å². The minimum Gasteiger partial charge on any atom is -0.292 e. The topological polar surface area (TPSA) is 3.24 Å². The summed E-state index contributed by atoms with van der Waals surface area (Å²) >= 11 is 0. The molecule has 1 heterocycles. The Hall–Kier alpha value is -0.320. The van der Waals surface area contributed by atoms with Crippen LogP contribution in [-0.2, 0) is 0 Å². The Morgan fingerprint density at radius 2 is 2.00 bits per heavy atom. The molecule has 1 aliphatic heterocycles. The molecule has 1 fully saturated rings. The largest absolute Gasteiger partial charge is 0.292 e. The second-order valence-corrected chi connectivity index (χ2v) is 3.09. The smallest absolute Gasteiger partial charge is 0.260 e. The molecule has 0 radical (unpaired) electrons. The second kappa shape index (κ2) is 3.60.